The van der Waals surface area contributed by atoms with Gasteiger partial charge in [0.2, 0.25) is 0 Å². The molecule has 6 rings (SSSR count). The number of hydrogen-bond acceptors (Lipinski definition) is 1. The van der Waals surface area contributed by atoms with Crippen molar-refractivity contribution < 1.29 is 0 Å². The van der Waals surface area contributed by atoms with Crippen molar-refractivity contribution in [3.8, 4) is 11.3 Å². The van der Waals surface area contributed by atoms with Crippen molar-refractivity contribution in [1.82, 2.24) is 4.98 Å². The fourth-order valence-electron chi connectivity index (χ4n) is 5.15. The predicted molar refractivity (Wildman–Crippen MR) is 109 cm³/mol. The van der Waals surface area contributed by atoms with Crippen LogP contribution in [0.5, 0.6) is 0 Å². The van der Waals surface area contributed by atoms with Crippen LogP contribution in [-0.4, -0.2) is 4.98 Å². The quantitative estimate of drug-likeness (QED) is 0.454. The Morgan fingerprint density at radius 1 is 0.846 bits per heavy atom. The molecule has 26 heavy (non-hydrogen) atoms. The first-order valence-corrected chi connectivity index (χ1v) is 10.2. The smallest absolute Gasteiger partial charge is 0.0712 e. The lowest BCUT2D eigenvalue weighted by Crippen LogP contribution is -2.17. The molecule has 0 spiro atoms. The highest BCUT2D eigenvalue weighted by Gasteiger charge is 2.22. The fourth-order valence-corrected chi connectivity index (χ4v) is 5.15. The van der Waals surface area contributed by atoms with Crippen molar-refractivity contribution in [2.24, 2.45) is 11.8 Å². The second-order valence-corrected chi connectivity index (χ2v) is 8.52. The van der Waals surface area contributed by atoms with Crippen molar-refractivity contribution in [3.63, 3.8) is 0 Å². The first-order valence-electron chi connectivity index (χ1n) is 10.2. The van der Waals surface area contributed by atoms with Gasteiger partial charge in [-0.3, -0.25) is 0 Å². The number of para-hydroxylation sites is 1. The number of pyridine rings is 1. The van der Waals surface area contributed by atoms with Gasteiger partial charge in [-0.1, -0.05) is 42.7 Å². The van der Waals surface area contributed by atoms with E-state index >= 15 is 0 Å². The third kappa shape index (κ3) is 3.05. The van der Waals surface area contributed by atoms with Crippen molar-refractivity contribution >= 4 is 10.9 Å². The maximum absolute atomic E-state index is 5.03. The molecule has 1 heteroatoms. The summed E-state index contributed by atoms with van der Waals surface area (Å²) < 4.78 is 0. The van der Waals surface area contributed by atoms with Crippen molar-refractivity contribution in [3.05, 3.63) is 65.2 Å². The molecule has 3 aromatic rings. The van der Waals surface area contributed by atoms with Gasteiger partial charge in [0.15, 0.2) is 0 Å². The normalized spacial score (nSPS) is 22.5. The molecule has 0 amide bonds. The molecule has 1 nitrogen and oxygen atoms in total. The van der Waals surface area contributed by atoms with Gasteiger partial charge >= 0.3 is 0 Å². The molecule has 0 saturated heterocycles. The Bertz CT molecular complexity index is 948. The van der Waals surface area contributed by atoms with Gasteiger partial charge < -0.3 is 0 Å². The van der Waals surface area contributed by atoms with E-state index in [9.17, 15) is 0 Å². The maximum atomic E-state index is 5.03. The van der Waals surface area contributed by atoms with E-state index in [4.69, 9.17) is 4.98 Å². The Labute approximate surface area is 156 Å². The Balaban J connectivity index is 1.70. The SMILES string of the molecule is Cc1cc2cc(c1)-c1cc(c3ccccc3n1)CCC1CCC(CC1)C2. The van der Waals surface area contributed by atoms with Gasteiger partial charge in [0.05, 0.1) is 11.2 Å². The van der Waals surface area contributed by atoms with Crippen LogP contribution in [0, 0.1) is 18.8 Å². The molecule has 6 bridgehead atoms. The molecule has 1 aromatic heterocycles. The lowest BCUT2D eigenvalue weighted by molar-refractivity contribution is 0.262. The topological polar surface area (TPSA) is 12.9 Å². The third-order valence-corrected chi connectivity index (χ3v) is 6.55. The summed E-state index contributed by atoms with van der Waals surface area (Å²) >= 11 is 0. The molecule has 2 aromatic carbocycles. The monoisotopic (exact) mass is 341 g/mol. The molecular weight excluding hydrogens is 314 g/mol. The summed E-state index contributed by atoms with van der Waals surface area (Å²) in [6, 6.07) is 18.1. The maximum Gasteiger partial charge on any atom is 0.0712 e. The summed E-state index contributed by atoms with van der Waals surface area (Å²) in [5, 5.41) is 1.34. The molecule has 0 aliphatic heterocycles. The van der Waals surface area contributed by atoms with Gasteiger partial charge in [0, 0.05) is 10.9 Å². The lowest BCUT2D eigenvalue weighted by Gasteiger charge is -2.28. The van der Waals surface area contributed by atoms with Gasteiger partial charge in [0.25, 0.3) is 0 Å². The molecule has 1 heterocycles. The van der Waals surface area contributed by atoms with Gasteiger partial charge in [-0.05, 0) is 86.3 Å². The van der Waals surface area contributed by atoms with Gasteiger partial charge in [-0.25, -0.2) is 4.98 Å². The van der Waals surface area contributed by atoms with Crippen molar-refractivity contribution in [2.45, 2.75) is 51.9 Å². The summed E-state index contributed by atoms with van der Waals surface area (Å²) in [7, 11) is 0. The first kappa shape index (κ1) is 16.1. The predicted octanol–water partition coefficient (Wildman–Crippen LogP) is 6.51. The minimum atomic E-state index is 0.872. The zero-order chi connectivity index (χ0) is 17.5. The van der Waals surface area contributed by atoms with E-state index in [2.05, 4.69) is 55.5 Å². The minimum absolute atomic E-state index is 0.872. The summed E-state index contributed by atoms with van der Waals surface area (Å²) in [4.78, 5) is 5.03. The van der Waals surface area contributed by atoms with Crippen LogP contribution in [0.1, 0.15) is 48.8 Å². The minimum Gasteiger partial charge on any atom is -0.248 e. The summed E-state index contributed by atoms with van der Waals surface area (Å²) in [6.45, 7) is 2.23. The fraction of sp³-hybridized carbons (Fsp3) is 0.400. The van der Waals surface area contributed by atoms with Crippen LogP contribution in [-0.2, 0) is 12.8 Å². The molecule has 3 aliphatic rings. The summed E-state index contributed by atoms with van der Waals surface area (Å²) in [6.07, 6.45) is 9.40. The lowest BCUT2D eigenvalue weighted by atomic mass is 9.77. The molecule has 1 fully saturated rings. The summed E-state index contributed by atoms with van der Waals surface area (Å²) in [5.41, 5.74) is 7.92. The molecule has 132 valence electrons. The second kappa shape index (κ2) is 6.54. The van der Waals surface area contributed by atoms with Crippen LogP contribution >= 0.6 is 0 Å². The molecule has 0 radical (unpaired) electrons. The van der Waals surface area contributed by atoms with Crippen LogP contribution in [0.25, 0.3) is 22.2 Å². The molecule has 0 atom stereocenters. The van der Waals surface area contributed by atoms with E-state index in [-0.39, 0.29) is 0 Å². The van der Waals surface area contributed by atoms with Gasteiger partial charge in [-0.15, -0.1) is 0 Å². The molecule has 0 N–H and O–H groups in total. The van der Waals surface area contributed by atoms with Crippen LogP contribution in [0.15, 0.2) is 48.5 Å². The van der Waals surface area contributed by atoms with Crippen molar-refractivity contribution in [1.29, 1.82) is 0 Å². The number of fused-ring (bicyclic) bond motifs is 4. The largest absolute Gasteiger partial charge is 0.248 e. The van der Waals surface area contributed by atoms with E-state index in [0.29, 0.717) is 0 Å². The third-order valence-electron chi connectivity index (χ3n) is 6.55. The highest BCUT2D eigenvalue weighted by Crippen LogP contribution is 2.36. The zero-order valence-electron chi connectivity index (χ0n) is 15.7. The number of benzene rings is 2. The Hall–Kier alpha value is -2.15. The molecule has 0 unspecified atom stereocenters. The van der Waals surface area contributed by atoms with E-state index in [1.807, 2.05) is 0 Å². The number of rotatable bonds is 0. The van der Waals surface area contributed by atoms with E-state index in [0.717, 1.165) is 23.0 Å². The van der Waals surface area contributed by atoms with Gasteiger partial charge in [-0.2, -0.15) is 0 Å². The van der Waals surface area contributed by atoms with Crippen LogP contribution in [0.2, 0.25) is 0 Å². The molecular formula is C25H27N. The number of aryl methyl sites for hydroxylation is 2. The number of nitrogens with zero attached hydrogens (tertiary/aromatic N) is 1. The summed E-state index contributed by atoms with van der Waals surface area (Å²) in [5.74, 6) is 1.78. The van der Waals surface area contributed by atoms with Crippen molar-refractivity contribution in [2.75, 3.05) is 0 Å². The standard InChI is InChI=1S/C25H27N/c1-17-12-20-14-19-8-6-18(7-9-19)10-11-21-16-25(22(13-17)15-20)26-24-5-3-2-4-23(21)24/h2-5,12-13,15-16,18-19H,6-11,14H2,1H3. The van der Waals surface area contributed by atoms with E-state index in [1.54, 1.807) is 0 Å². The molecule has 3 aliphatic carbocycles. The molecule has 1 saturated carbocycles. The van der Waals surface area contributed by atoms with Crippen LogP contribution in [0.4, 0.5) is 0 Å². The highest BCUT2D eigenvalue weighted by atomic mass is 14.7. The second-order valence-electron chi connectivity index (χ2n) is 8.52. The van der Waals surface area contributed by atoms with E-state index in [1.165, 1.54) is 72.6 Å². The van der Waals surface area contributed by atoms with Crippen LogP contribution in [0.3, 0.4) is 0 Å². The Morgan fingerprint density at radius 2 is 1.65 bits per heavy atom. The first-order chi connectivity index (χ1) is 12.7. The van der Waals surface area contributed by atoms with Crippen LogP contribution < -0.4 is 0 Å². The highest BCUT2D eigenvalue weighted by molar-refractivity contribution is 5.85. The number of aromatic nitrogens is 1. The average molecular weight is 341 g/mol. The zero-order valence-corrected chi connectivity index (χ0v) is 15.7. The van der Waals surface area contributed by atoms with E-state index < -0.39 is 0 Å². The average Bonchev–Trinajstić information content (AvgIpc) is 2.67. The Kier molecular flexibility index (Phi) is 4.04. The number of hydrogen-bond donors (Lipinski definition) is 0. The van der Waals surface area contributed by atoms with Gasteiger partial charge in [0.1, 0.15) is 0 Å². The Morgan fingerprint density at radius 3 is 2.54 bits per heavy atom.